The van der Waals surface area contributed by atoms with Crippen molar-refractivity contribution < 1.29 is 59.8 Å². The van der Waals surface area contributed by atoms with Crippen molar-refractivity contribution in [1.82, 2.24) is 0 Å². The molecule has 7 atom stereocenters. The van der Waals surface area contributed by atoms with E-state index < -0.39 is 65.9 Å². The Balaban J connectivity index is 1.75. The van der Waals surface area contributed by atoms with E-state index in [-0.39, 0.29) is 22.6 Å². The second-order valence-electron chi connectivity index (χ2n) is 7.81. The lowest BCUT2D eigenvalue weighted by Crippen LogP contribution is -2.59. The van der Waals surface area contributed by atoms with Crippen LogP contribution in [0.4, 0.5) is 0 Å². The number of phenols is 4. The van der Waals surface area contributed by atoms with Crippen LogP contribution in [0.15, 0.2) is 30.3 Å². The van der Waals surface area contributed by atoms with Gasteiger partial charge < -0.3 is 44.8 Å². The number of Topliss-reactive ketones (excluding diaryl/α,β-unsaturated/α-hetero) is 1. The van der Waals surface area contributed by atoms with E-state index in [1.165, 1.54) is 13.0 Å². The van der Waals surface area contributed by atoms with Gasteiger partial charge in [0.15, 0.2) is 36.1 Å². The Labute approximate surface area is 186 Å². The molecule has 0 saturated carbocycles. The van der Waals surface area contributed by atoms with E-state index in [4.69, 9.17) is 19.5 Å². The smallest absolute Gasteiger partial charge is 0.203 e. The number of carbonyl (C=O) groups is 1. The molecule has 5 unspecified atom stereocenters. The summed E-state index contributed by atoms with van der Waals surface area (Å²) in [5, 5.41) is 69.1. The number of ketones is 1. The Hall–Kier alpha value is -3.13. The van der Waals surface area contributed by atoms with Gasteiger partial charge in [-0.1, -0.05) is 6.07 Å². The van der Waals surface area contributed by atoms with Crippen LogP contribution in [0.3, 0.4) is 0 Å². The Kier molecular flexibility index (Phi) is 6.05. The van der Waals surface area contributed by atoms with Crippen molar-refractivity contribution in [2.75, 3.05) is 0 Å². The molecule has 12 heteroatoms. The number of hydrogen-bond acceptors (Lipinski definition) is 12. The molecule has 178 valence electrons. The summed E-state index contributed by atoms with van der Waals surface area (Å²) in [6, 6.07) is 5.67. The molecule has 0 spiro atoms. The Morgan fingerprint density at radius 3 is 2.33 bits per heavy atom. The normalized spacial score (nSPS) is 31.6. The zero-order chi connectivity index (χ0) is 24.0. The number of aliphatic hydroxyl groups excluding tert-OH is 2. The fourth-order valence-electron chi connectivity index (χ4n) is 3.88. The molecule has 0 amide bonds. The number of benzene rings is 2. The highest BCUT2D eigenvalue weighted by atomic mass is 17.1. The minimum Gasteiger partial charge on any atom is -0.508 e. The van der Waals surface area contributed by atoms with Crippen molar-refractivity contribution in [3.05, 3.63) is 41.5 Å². The standard InChI is InChI=1S/C21H22O12/c1-7-15(26)19(33-29)17(28)21(30-7)32-20-16(27)14-12(25)5-9(22)6-13(14)31-18(20)8-2-3-10(23)11(24)4-8/h2-7,15,17-26,28-29H,1H3/t7?,15?,17?,18-,19?,20+,21?/m1/s1. The van der Waals surface area contributed by atoms with Gasteiger partial charge in [0.05, 0.1) is 6.10 Å². The van der Waals surface area contributed by atoms with Gasteiger partial charge in [-0.25, -0.2) is 4.89 Å². The Bertz CT molecular complexity index is 1060. The third-order valence-corrected chi connectivity index (χ3v) is 5.61. The molecule has 2 aromatic rings. The van der Waals surface area contributed by atoms with Crippen LogP contribution in [0, 0.1) is 0 Å². The van der Waals surface area contributed by atoms with Crippen LogP contribution in [-0.2, 0) is 14.4 Å². The van der Waals surface area contributed by atoms with E-state index in [0.717, 1.165) is 24.3 Å². The molecule has 2 heterocycles. The number of carbonyl (C=O) groups excluding carboxylic acids is 1. The van der Waals surface area contributed by atoms with Crippen molar-refractivity contribution in [2.45, 2.75) is 49.8 Å². The highest BCUT2D eigenvalue weighted by Crippen LogP contribution is 2.44. The second kappa shape index (κ2) is 8.67. The molecular weight excluding hydrogens is 444 g/mol. The van der Waals surface area contributed by atoms with E-state index in [9.17, 15) is 35.4 Å². The van der Waals surface area contributed by atoms with Gasteiger partial charge in [0.25, 0.3) is 0 Å². The van der Waals surface area contributed by atoms with E-state index in [1.54, 1.807) is 0 Å². The lowest BCUT2D eigenvalue weighted by Gasteiger charge is -2.42. The van der Waals surface area contributed by atoms with Gasteiger partial charge in [-0.15, -0.1) is 0 Å². The highest BCUT2D eigenvalue weighted by Gasteiger charge is 2.49. The molecule has 12 nitrogen and oxygen atoms in total. The van der Waals surface area contributed by atoms with Crippen LogP contribution in [0.5, 0.6) is 28.7 Å². The average Bonchev–Trinajstić information content (AvgIpc) is 2.75. The lowest BCUT2D eigenvalue weighted by atomic mass is 9.92. The first kappa shape index (κ1) is 23.0. The molecule has 4 rings (SSSR count). The van der Waals surface area contributed by atoms with Crippen LogP contribution in [0.1, 0.15) is 28.9 Å². The number of aromatic hydroxyl groups is 4. The maximum atomic E-state index is 13.3. The van der Waals surface area contributed by atoms with Gasteiger partial charge in [0.2, 0.25) is 5.78 Å². The molecule has 0 radical (unpaired) electrons. The fraction of sp³-hybridized carbons (Fsp3) is 0.381. The van der Waals surface area contributed by atoms with E-state index in [0.29, 0.717) is 0 Å². The van der Waals surface area contributed by atoms with Crippen molar-refractivity contribution in [3.63, 3.8) is 0 Å². The number of fused-ring (bicyclic) bond motifs is 1. The summed E-state index contributed by atoms with van der Waals surface area (Å²) in [5.74, 6) is -2.86. The molecule has 7 N–H and O–H groups in total. The van der Waals surface area contributed by atoms with Crippen molar-refractivity contribution >= 4 is 5.78 Å². The summed E-state index contributed by atoms with van der Waals surface area (Å²) in [4.78, 5) is 17.5. The van der Waals surface area contributed by atoms with Crippen LogP contribution < -0.4 is 4.74 Å². The SMILES string of the molecule is CC1OC(O[C@H]2C(=O)c3c(O)cc(O)cc3O[C@@H]2c2ccc(O)c(O)c2)C(O)C(OO)C1O. The topological polar surface area (TPSA) is 196 Å². The minimum atomic E-state index is -1.72. The number of hydrogen-bond donors (Lipinski definition) is 7. The van der Waals surface area contributed by atoms with Gasteiger partial charge >= 0.3 is 0 Å². The first-order chi connectivity index (χ1) is 15.6. The van der Waals surface area contributed by atoms with Gasteiger partial charge in [-0.05, 0) is 24.6 Å². The first-order valence-electron chi connectivity index (χ1n) is 9.88. The Morgan fingerprint density at radius 2 is 1.67 bits per heavy atom. The molecule has 1 saturated heterocycles. The van der Waals surface area contributed by atoms with Crippen LogP contribution in [0.25, 0.3) is 0 Å². The molecule has 2 aromatic carbocycles. The Morgan fingerprint density at radius 1 is 0.939 bits per heavy atom. The van der Waals surface area contributed by atoms with E-state index in [2.05, 4.69) is 4.89 Å². The largest absolute Gasteiger partial charge is 0.508 e. The van der Waals surface area contributed by atoms with Crippen molar-refractivity contribution in [1.29, 1.82) is 0 Å². The number of rotatable bonds is 4. The zero-order valence-corrected chi connectivity index (χ0v) is 17.1. The van der Waals surface area contributed by atoms with Crippen LogP contribution >= 0.6 is 0 Å². The molecule has 0 aromatic heterocycles. The molecule has 1 fully saturated rings. The first-order valence-corrected chi connectivity index (χ1v) is 9.88. The maximum Gasteiger partial charge on any atom is 0.203 e. The second-order valence-corrected chi connectivity index (χ2v) is 7.81. The molecule has 2 aliphatic rings. The third kappa shape index (κ3) is 4.04. The predicted octanol–water partition coefficient (Wildman–Crippen LogP) is 0.535. The van der Waals surface area contributed by atoms with Crippen molar-refractivity contribution in [3.8, 4) is 28.7 Å². The summed E-state index contributed by atoms with van der Waals surface area (Å²) in [5.41, 5.74) is -0.129. The predicted molar refractivity (Wildman–Crippen MR) is 106 cm³/mol. The molecule has 0 aliphatic carbocycles. The van der Waals surface area contributed by atoms with Gasteiger partial charge in [0.1, 0.15) is 35.0 Å². The van der Waals surface area contributed by atoms with E-state index in [1.807, 2.05) is 0 Å². The summed E-state index contributed by atoms with van der Waals surface area (Å²) in [6.45, 7) is 1.43. The quantitative estimate of drug-likeness (QED) is 0.188. The summed E-state index contributed by atoms with van der Waals surface area (Å²) in [6.07, 6.45) is -10.0. The van der Waals surface area contributed by atoms with Gasteiger partial charge in [-0.3, -0.25) is 10.1 Å². The zero-order valence-electron chi connectivity index (χ0n) is 17.1. The average molecular weight is 466 g/mol. The van der Waals surface area contributed by atoms with Gasteiger partial charge in [0, 0.05) is 12.1 Å². The fourth-order valence-corrected chi connectivity index (χ4v) is 3.88. The number of phenolic OH excluding ortho intramolecular Hbond substituents is 4. The monoisotopic (exact) mass is 466 g/mol. The number of ether oxygens (including phenoxy) is 3. The van der Waals surface area contributed by atoms with Crippen LogP contribution in [0.2, 0.25) is 0 Å². The summed E-state index contributed by atoms with van der Waals surface area (Å²) < 4.78 is 17.0. The molecule has 0 bridgehead atoms. The van der Waals surface area contributed by atoms with Gasteiger partial charge in [-0.2, -0.15) is 0 Å². The third-order valence-electron chi connectivity index (χ3n) is 5.61. The summed E-state index contributed by atoms with van der Waals surface area (Å²) in [7, 11) is 0. The minimum absolute atomic E-state index is 0.166. The molecule has 2 aliphatic heterocycles. The van der Waals surface area contributed by atoms with Crippen LogP contribution in [-0.4, -0.2) is 78.5 Å². The lowest BCUT2D eigenvalue weighted by molar-refractivity contribution is -0.377. The van der Waals surface area contributed by atoms with Crippen molar-refractivity contribution in [2.24, 2.45) is 0 Å². The molecular formula is C21H22O12. The highest BCUT2D eigenvalue weighted by molar-refractivity contribution is 6.05. The maximum absolute atomic E-state index is 13.3. The number of aliphatic hydroxyl groups is 2. The molecule has 33 heavy (non-hydrogen) atoms. The summed E-state index contributed by atoms with van der Waals surface area (Å²) >= 11 is 0. The van der Waals surface area contributed by atoms with E-state index >= 15 is 0 Å².